The van der Waals surface area contributed by atoms with E-state index < -0.39 is 6.10 Å². The summed E-state index contributed by atoms with van der Waals surface area (Å²) in [6.45, 7) is 6.03. The van der Waals surface area contributed by atoms with Crippen LogP contribution in [-0.2, 0) is 6.54 Å². The Kier molecular flexibility index (Phi) is 4.96. The average Bonchev–Trinajstić information content (AvgIpc) is 2.76. The summed E-state index contributed by atoms with van der Waals surface area (Å²) < 4.78 is 1.93. The number of hydrogen-bond donors (Lipinski definition) is 1. The van der Waals surface area contributed by atoms with Crippen molar-refractivity contribution in [1.82, 2.24) is 19.6 Å². The zero-order chi connectivity index (χ0) is 13.8. The SMILES string of the molecule is CCCn1nccc1C(O)C1CN(C)CCCN1C. The molecule has 2 unspecified atom stereocenters. The molecule has 1 aliphatic heterocycles. The van der Waals surface area contributed by atoms with E-state index in [1.54, 1.807) is 6.20 Å². The highest BCUT2D eigenvalue weighted by Crippen LogP contribution is 2.23. The number of aliphatic hydroxyl groups is 1. The van der Waals surface area contributed by atoms with Crippen LogP contribution in [0.25, 0.3) is 0 Å². The predicted octanol–water partition coefficient (Wildman–Crippen LogP) is 0.962. The van der Waals surface area contributed by atoms with Gasteiger partial charge in [0.1, 0.15) is 6.10 Å². The second kappa shape index (κ2) is 6.50. The van der Waals surface area contributed by atoms with E-state index in [0.29, 0.717) is 0 Å². The minimum absolute atomic E-state index is 0.139. The molecule has 0 aliphatic carbocycles. The van der Waals surface area contributed by atoms with Crippen LogP contribution in [0.15, 0.2) is 12.3 Å². The fourth-order valence-electron chi connectivity index (χ4n) is 2.84. The monoisotopic (exact) mass is 266 g/mol. The molecule has 5 nitrogen and oxygen atoms in total. The van der Waals surface area contributed by atoms with Gasteiger partial charge in [0, 0.05) is 19.3 Å². The summed E-state index contributed by atoms with van der Waals surface area (Å²) in [5.41, 5.74) is 0.939. The van der Waals surface area contributed by atoms with E-state index in [-0.39, 0.29) is 6.04 Å². The molecule has 2 atom stereocenters. The van der Waals surface area contributed by atoms with Gasteiger partial charge in [-0.05, 0) is 46.1 Å². The number of hydrogen-bond acceptors (Lipinski definition) is 4. The molecule has 1 aromatic rings. The van der Waals surface area contributed by atoms with Gasteiger partial charge in [0.05, 0.1) is 11.7 Å². The van der Waals surface area contributed by atoms with E-state index >= 15 is 0 Å². The van der Waals surface area contributed by atoms with Crippen LogP contribution in [0.5, 0.6) is 0 Å². The van der Waals surface area contributed by atoms with E-state index in [9.17, 15) is 5.11 Å². The highest BCUT2D eigenvalue weighted by Gasteiger charge is 2.29. The summed E-state index contributed by atoms with van der Waals surface area (Å²) in [7, 11) is 4.23. The topological polar surface area (TPSA) is 44.5 Å². The van der Waals surface area contributed by atoms with Crippen molar-refractivity contribution in [3.8, 4) is 0 Å². The minimum atomic E-state index is -0.473. The predicted molar refractivity (Wildman–Crippen MR) is 76.0 cm³/mol. The van der Waals surface area contributed by atoms with E-state index in [1.165, 1.54) is 0 Å². The molecule has 2 rings (SSSR count). The molecule has 2 heterocycles. The highest BCUT2D eigenvalue weighted by molar-refractivity contribution is 5.08. The molecule has 0 saturated carbocycles. The number of aliphatic hydroxyl groups excluding tert-OH is 1. The second-order valence-corrected chi connectivity index (χ2v) is 5.59. The first-order valence-electron chi connectivity index (χ1n) is 7.22. The van der Waals surface area contributed by atoms with Crippen LogP contribution < -0.4 is 0 Å². The van der Waals surface area contributed by atoms with Crippen molar-refractivity contribution in [2.75, 3.05) is 33.7 Å². The van der Waals surface area contributed by atoms with E-state index in [2.05, 4.69) is 35.9 Å². The fraction of sp³-hybridized carbons (Fsp3) is 0.786. The second-order valence-electron chi connectivity index (χ2n) is 5.59. The van der Waals surface area contributed by atoms with Crippen molar-refractivity contribution in [2.45, 2.75) is 38.5 Å². The molecule has 0 amide bonds. The largest absolute Gasteiger partial charge is 0.385 e. The third-order valence-corrected chi connectivity index (χ3v) is 3.97. The van der Waals surface area contributed by atoms with Crippen LogP contribution in [0.1, 0.15) is 31.6 Å². The number of aromatic nitrogens is 2. The van der Waals surface area contributed by atoms with Gasteiger partial charge >= 0.3 is 0 Å². The molecule has 19 heavy (non-hydrogen) atoms. The van der Waals surface area contributed by atoms with Gasteiger partial charge in [0.25, 0.3) is 0 Å². The van der Waals surface area contributed by atoms with Gasteiger partial charge in [-0.2, -0.15) is 5.10 Å². The summed E-state index contributed by atoms with van der Waals surface area (Å²) in [5.74, 6) is 0. The maximum atomic E-state index is 10.7. The lowest BCUT2D eigenvalue weighted by Crippen LogP contribution is -2.42. The summed E-state index contributed by atoms with van der Waals surface area (Å²) in [6.07, 6.45) is 3.50. The van der Waals surface area contributed by atoms with E-state index in [0.717, 1.165) is 44.7 Å². The fourth-order valence-corrected chi connectivity index (χ4v) is 2.84. The van der Waals surface area contributed by atoms with Crippen molar-refractivity contribution in [2.24, 2.45) is 0 Å². The lowest BCUT2D eigenvalue weighted by Gasteiger charge is -2.31. The molecule has 1 saturated heterocycles. The molecule has 1 N–H and O–H groups in total. The van der Waals surface area contributed by atoms with Crippen molar-refractivity contribution in [3.05, 3.63) is 18.0 Å². The van der Waals surface area contributed by atoms with Crippen molar-refractivity contribution < 1.29 is 5.11 Å². The Labute approximate surface area is 115 Å². The van der Waals surface area contributed by atoms with Crippen LogP contribution in [0, 0.1) is 0 Å². The minimum Gasteiger partial charge on any atom is -0.385 e. The summed E-state index contributed by atoms with van der Waals surface area (Å²) in [6, 6.07) is 2.08. The maximum Gasteiger partial charge on any atom is 0.112 e. The van der Waals surface area contributed by atoms with Gasteiger partial charge in [-0.25, -0.2) is 0 Å². The Morgan fingerprint density at radius 1 is 1.42 bits per heavy atom. The van der Waals surface area contributed by atoms with Crippen LogP contribution >= 0.6 is 0 Å². The smallest absolute Gasteiger partial charge is 0.112 e. The molecule has 5 heteroatoms. The van der Waals surface area contributed by atoms with Crippen LogP contribution in [0.4, 0.5) is 0 Å². The molecule has 1 aromatic heterocycles. The standard InChI is InChI=1S/C14H26N4O/c1-4-8-18-12(6-7-15-18)14(19)13-11-16(2)9-5-10-17(13)3/h6-7,13-14,19H,4-5,8-11H2,1-3H3. The molecule has 0 radical (unpaired) electrons. The summed E-state index contributed by atoms with van der Waals surface area (Å²) in [4.78, 5) is 4.58. The zero-order valence-electron chi connectivity index (χ0n) is 12.3. The number of likely N-dealkylation sites (N-methyl/N-ethyl adjacent to an activating group) is 2. The third kappa shape index (κ3) is 3.35. The Balaban J connectivity index is 2.16. The van der Waals surface area contributed by atoms with Gasteiger partial charge in [-0.3, -0.25) is 9.58 Å². The van der Waals surface area contributed by atoms with Gasteiger partial charge in [-0.15, -0.1) is 0 Å². The first-order valence-corrected chi connectivity index (χ1v) is 7.22. The van der Waals surface area contributed by atoms with Crippen molar-refractivity contribution in [3.63, 3.8) is 0 Å². The molecule has 0 bridgehead atoms. The van der Waals surface area contributed by atoms with Gasteiger partial charge in [0.2, 0.25) is 0 Å². The molecule has 1 fully saturated rings. The lowest BCUT2D eigenvalue weighted by molar-refractivity contribution is 0.0509. The first-order chi connectivity index (χ1) is 9.13. The molecule has 108 valence electrons. The lowest BCUT2D eigenvalue weighted by atomic mass is 10.1. The molecular weight excluding hydrogens is 240 g/mol. The zero-order valence-corrected chi connectivity index (χ0v) is 12.3. The normalized spacial score (nSPS) is 24.3. The summed E-state index contributed by atoms with van der Waals surface area (Å²) in [5, 5.41) is 15.0. The Bertz CT molecular complexity index is 393. The molecule has 0 spiro atoms. The number of aryl methyl sites for hydroxylation is 1. The van der Waals surface area contributed by atoms with Gasteiger partial charge < -0.3 is 10.0 Å². The van der Waals surface area contributed by atoms with E-state index in [4.69, 9.17) is 0 Å². The van der Waals surface area contributed by atoms with Crippen LogP contribution in [0.2, 0.25) is 0 Å². The van der Waals surface area contributed by atoms with Gasteiger partial charge in [-0.1, -0.05) is 6.92 Å². The molecular formula is C14H26N4O. The maximum absolute atomic E-state index is 10.7. The first kappa shape index (κ1) is 14.5. The Hall–Kier alpha value is -0.910. The van der Waals surface area contributed by atoms with Crippen LogP contribution in [0.3, 0.4) is 0 Å². The van der Waals surface area contributed by atoms with Crippen molar-refractivity contribution in [1.29, 1.82) is 0 Å². The number of rotatable bonds is 4. The average molecular weight is 266 g/mol. The van der Waals surface area contributed by atoms with Gasteiger partial charge in [0.15, 0.2) is 0 Å². The summed E-state index contributed by atoms with van der Waals surface area (Å²) >= 11 is 0. The number of nitrogens with zero attached hydrogens (tertiary/aromatic N) is 4. The van der Waals surface area contributed by atoms with E-state index in [1.807, 2.05) is 10.7 Å². The Morgan fingerprint density at radius 2 is 2.21 bits per heavy atom. The molecule has 0 aromatic carbocycles. The third-order valence-electron chi connectivity index (χ3n) is 3.97. The quantitative estimate of drug-likeness (QED) is 0.882. The Morgan fingerprint density at radius 3 is 2.95 bits per heavy atom. The van der Waals surface area contributed by atoms with Crippen LogP contribution in [-0.4, -0.2) is 64.5 Å². The molecule has 1 aliphatic rings. The highest BCUT2D eigenvalue weighted by atomic mass is 16.3. The van der Waals surface area contributed by atoms with Crippen molar-refractivity contribution >= 4 is 0 Å².